The van der Waals surface area contributed by atoms with Gasteiger partial charge in [0.15, 0.2) is 0 Å². The van der Waals surface area contributed by atoms with Gasteiger partial charge in [-0.05, 0) is 28.6 Å². The monoisotopic (exact) mass is 300 g/mol. The number of hydrogen-bond donors (Lipinski definition) is 1. The maximum absolute atomic E-state index is 13.7. The quantitative estimate of drug-likeness (QED) is 0.729. The minimum absolute atomic E-state index is 0.234. The Balaban J connectivity index is 2.01. The Morgan fingerprint density at radius 1 is 0.905 bits per heavy atom. The number of halogens is 2. The summed E-state index contributed by atoms with van der Waals surface area (Å²) >= 11 is 6.18. The lowest BCUT2D eigenvalue weighted by molar-refractivity contribution is 0.178. The molecule has 0 amide bonds. The summed E-state index contributed by atoms with van der Waals surface area (Å²) in [5, 5.41) is 12.9. The van der Waals surface area contributed by atoms with Crippen molar-refractivity contribution in [2.45, 2.75) is 12.5 Å². The van der Waals surface area contributed by atoms with Gasteiger partial charge < -0.3 is 5.11 Å². The number of benzene rings is 3. The van der Waals surface area contributed by atoms with E-state index in [4.69, 9.17) is 11.6 Å². The van der Waals surface area contributed by atoms with Crippen LogP contribution in [0.25, 0.3) is 10.8 Å². The highest BCUT2D eigenvalue weighted by Gasteiger charge is 2.15. The molecule has 21 heavy (non-hydrogen) atoms. The summed E-state index contributed by atoms with van der Waals surface area (Å²) in [7, 11) is 0. The van der Waals surface area contributed by atoms with E-state index in [0.29, 0.717) is 10.6 Å². The number of fused-ring (bicyclic) bond motifs is 1. The van der Waals surface area contributed by atoms with E-state index in [0.717, 1.165) is 16.3 Å². The van der Waals surface area contributed by atoms with E-state index in [1.54, 1.807) is 30.3 Å². The maximum atomic E-state index is 13.7. The fourth-order valence-electron chi connectivity index (χ4n) is 2.56. The van der Waals surface area contributed by atoms with Gasteiger partial charge in [0.1, 0.15) is 5.82 Å². The highest BCUT2D eigenvalue weighted by atomic mass is 35.5. The van der Waals surface area contributed by atoms with Crippen LogP contribution in [0.1, 0.15) is 17.2 Å². The molecule has 3 rings (SSSR count). The smallest absolute Gasteiger partial charge is 0.126 e. The first-order valence-corrected chi connectivity index (χ1v) is 7.13. The number of aliphatic hydroxyl groups is 1. The molecule has 0 aliphatic heterocycles. The lowest BCUT2D eigenvalue weighted by Gasteiger charge is -2.15. The van der Waals surface area contributed by atoms with Crippen LogP contribution in [0.5, 0.6) is 0 Å². The molecule has 1 unspecified atom stereocenters. The van der Waals surface area contributed by atoms with Crippen molar-refractivity contribution < 1.29 is 9.50 Å². The normalized spacial score (nSPS) is 12.5. The third kappa shape index (κ3) is 2.78. The Kier molecular flexibility index (Phi) is 3.91. The van der Waals surface area contributed by atoms with Crippen LogP contribution >= 0.6 is 11.6 Å². The molecule has 1 atom stereocenters. The van der Waals surface area contributed by atoms with Crippen LogP contribution in [-0.4, -0.2) is 5.11 Å². The van der Waals surface area contributed by atoms with Crippen molar-refractivity contribution in [2.24, 2.45) is 0 Å². The largest absolute Gasteiger partial charge is 0.388 e. The second kappa shape index (κ2) is 5.84. The van der Waals surface area contributed by atoms with Gasteiger partial charge in [-0.3, -0.25) is 0 Å². The SMILES string of the molecule is OC(Cc1ccccc1F)c1ccc(Cl)c2ccccc12. The predicted octanol–water partition coefficient (Wildman–Crippen LogP) is 4.91. The summed E-state index contributed by atoms with van der Waals surface area (Å²) in [6, 6.07) is 17.7. The van der Waals surface area contributed by atoms with Gasteiger partial charge in [0.05, 0.1) is 6.10 Å². The Bertz CT molecular complexity index is 785. The zero-order valence-electron chi connectivity index (χ0n) is 11.3. The molecule has 0 spiro atoms. The molecule has 0 saturated heterocycles. The zero-order valence-corrected chi connectivity index (χ0v) is 12.0. The van der Waals surface area contributed by atoms with Gasteiger partial charge in [-0.1, -0.05) is 60.1 Å². The molecule has 0 heterocycles. The highest BCUT2D eigenvalue weighted by Crippen LogP contribution is 2.31. The summed E-state index contributed by atoms with van der Waals surface area (Å²) in [6.45, 7) is 0. The van der Waals surface area contributed by atoms with Crippen LogP contribution in [0.3, 0.4) is 0 Å². The van der Waals surface area contributed by atoms with Crippen molar-refractivity contribution in [3.05, 3.63) is 82.6 Å². The summed E-state index contributed by atoms with van der Waals surface area (Å²) in [5.74, 6) is -0.296. The van der Waals surface area contributed by atoms with E-state index in [9.17, 15) is 9.50 Å². The topological polar surface area (TPSA) is 20.2 Å². The first kappa shape index (κ1) is 14.1. The Morgan fingerprint density at radius 2 is 1.57 bits per heavy atom. The van der Waals surface area contributed by atoms with Crippen molar-refractivity contribution in [1.82, 2.24) is 0 Å². The molecule has 0 aliphatic rings. The fraction of sp³-hybridized carbons (Fsp3) is 0.111. The molecule has 106 valence electrons. The van der Waals surface area contributed by atoms with Crippen molar-refractivity contribution in [2.75, 3.05) is 0 Å². The Morgan fingerprint density at radius 3 is 2.33 bits per heavy atom. The molecular formula is C18H14ClFO. The van der Waals surface area contributed by atoms with E-state index < -0.39 is 6.10 Å². The van der Waals surface area contributed by atoms with Gasteiger partial charge in [-0.2, -0.15) is 0 Å². The second-order valence-corrected chi connectivity index (χ2v) is 5.40. The zero-order chi connectivity index (χ0) is 14.8. The van der Waals surface area contributed by atoms with Gasteiger partial charge in [0.25, 0.3) is 0 Å². The molecule has 0 saturated carbocycles. The van der Waals surface area contributed by atoms with Gasteiger partial charge in [-0.25, -0.2) is 4.39 Å². The molecule has 3 aromatic carbocycles. The van der Waals surface area contributed by atoms with E-state index >= 15 is 0 Å². The van der Waals surface area contributed by atoms with Crippen molar-refractivity contribution >= 4 is 22.4 Å². The third-order valence-corrected chi connectivity index (χ3v) is 3.96. The third-order valence-electron chi connectivity index (χ3n) is 3.63. The minimum atomic E-state index is -0.774. The molecule has 0 aromatic heterocycles. The summed E-state index contributed by atoms with van der Waals surface area (Å²) < 4.78 is 13.7. The van der Waals surface area contributed by atoms with Crippen LogP contribution in [0.15, 0.2) is 60.7 Å². The predicted molar refractivity (Wildman–Crippen MR) is 84.0 cm³/mol. The number of hydrogen-bond acceptors (Lipinski definition) is 1. The van der Waals surface area contributed by atoms with Crippen LogP contribution in [-0.2, 0) is 6.42 Å². The molecule has 0 fully saturated rings. The van der Waals surface area contributed by atoms with Crippen LogP contribution < -0.4 is 0 Å². The number of rotatable bonds is 3. The van der Waals surface area contributed by atoms with E-state index in [1.807, 2.05) is 24.3 Å². The Hall–Kier alpha value is -1.90. The van der Waals surface area contributed by atoms with Crippen LogP contribution in [0.2, 0.25) is 5.02 Å². The fourth-order valence-corrected chi connectivity index (χ4v) is 2.79. The molecule has 3 aromatic rings. The molecule has 0 bridgehead atoms. The van der Waals surface area contributed by atoms with Crippen molar-refractivity contribution in [3.8, 4) is 0 Å². The lowest BCUT2D eigenvalue weighted by Crippen LogP contribution is -2.04. The second-order valence-electron chi connectivity index (χ2n) is 4.99. The highest BCUT2D eigenvalue weighted by molar-refractivity contribution is 6.35. The van der Waals surface area contributed by atoms with E-state index in [2.05, 4.69) is 0 Å². The number of aliphatic hydroxyl groups excluding tert-OH is 1. The van der Waals surface area contributed by atoms with Gasteiger partial charge in [0, 0.05) is 16.8 Å². The van der Waals surface area contributed by atoms with Gasteiger partial charge in [-0.15, -0.1) is 0 Å². The van der Waals surface area contributed by atoms with Crippen LogP contribution in [0, 0.1) is 5.82 Å². The van der Waals surface area contributed by atoms with Crippen molar-refractivity contribution in [3.63, 3.8) is 0 Å². The molecule has 0 aliphatic carbocycles. The molecule has 1 nitrogen and oxygen atoms in total. The average molecular weight is 301 g/mol. The van der Waals surface area contributed by atoms with E-state index in [1.165, 1.54) is 6.07 Å². The molecule has 1 N–H and O–H groups in total. The van der Waals surface area contributed by atoms with Gasteiger partial charge >= 0.3 is 0 Å². The summed E-state index contributed by atoms with van der Waals surface area (Å²) in [5.41, 5.74) is 1.27. The van der Waals surface area contributed by atoms with Crippen molar-refractivity contribution in [1.29, 1.82) is 0 Å². The molecule has 0 radical (unpaired) electrons. The average Bonchev–Trinajstić information content (AvgIpc) is 2.50. The minimum Gasteiger partial charge on any atom is -0.388 e. The van der Waals surface area contributed by atoms with Crippen LogP contribution in [0.4, 0.5) is 4.39 Å². The first-order chi connectivity index (χ1) is 10.2. The standard InChI is InChI=1S/C18H14ClFO/c19-16-10-9-15(13-6-2-3-7-14(13)16)18(21)11-12-5-1-4-8-17(12)20/h1-10,18,21H,11H2. The summed E-state index contributed by atoms with van der Waals surface area (Å²) in [4.78, 5) is 0. The first-order valence-electron chi connectivity index (χ1n) is 6.75. The maximum Gasteiger partial charge on any atom is 0.126 e. The summed E-state index contributed by atoms with van der Waals surface area (Å²) in [6.07, 6.45) is -0.540. The molecular weight excluding hydrogens is 287 g/mol. The van der Waals surface area contributed by atoms with Gasteiger partial charge in [0.2, 0.25) is 0 Å². The Labute approximate surface area is 127 Å². The lowest BCUT2D eigenvalue weighted by atomic mass is 9.96. The van der Waals surface area contributed by atoms with E-state index in [-0.39, 0.29) is 12.2 Å². The molecule has 3 heteroatoms.